The molecule has 0 fully saturated rings. The van der Waals surface area contributed by atoms with E-state index in [-0.39, 0.29) is 5.78 Å². The van der Waals surface area contributed by atoms with E-state index in [0.29, 0.717) is 11.1 Å². The van der Waals surface area contributed by atoms with E-state index in [1.54, 1.807) is 23.7 Å². The van der Waals surface area contributed by atoms with Gasteiger partial charge in [-0.15, -0.1) is 11.3 Å². The second kappa shape index (κ2) is 4.96. The summed E-state index contributed by atoms with van der Waals surface area (Å²) in [5.74, 6) is 0.00722. The highest BCUT2D eigenvalue weighted by atomic mass is 32.1. The van der Waals surface area contributed by atoms with Gasteiger partial charge in [0, 0.05) is 39.5 Å². The van der Waals surface area contributed by atoms with Crippen LogP contribution in [0.2, 0.25) is 0 Å². The molecule has 0 amide bonds. The predicted octanol–water partition coefficient (Wildman–Crippen LogP) is 3.40. The molecule has 0 radical (unpaired) electrons. The number of hydrogen-bond donors (Lipinski definition) is 0. The van der Waals surface area contributed by atoms with Crippen LogP contribution < -0.4 is 0 Å². The van der Waals surface area contributed by atoms with Crippen molar-refractivity contribution in [3.8, 4) is 0 Å². The summed E-state index contributed by atoms with van der Waals surface area (Å²) in [6.45, 7) is 2.02. The average Bonchev–Trinajstić information content (AvgIpc) is 3.10. The maximum absolute atomic E-state index is 12.9. The molecule has 3 aromatic rings. The van der Waals surface area contributed by atoms with E-state index in [1.807, 2.05) is 36.7 Å². The van der Waals surface area contributed by atoms with Gasteiger partial charge in [-0.25, -0.2) is 15.0 Å². The number of benzene rings is 1. The van der Waals surface area contributed by atoms with Crippen molar-refractivity contribution in [3.63, 3.8) is 0 Å². The van der Waals surface area contributed by atoms with Crippen molar-refractivity contribution in [2.24, 2.45) is 0 Å². The molecule has 106 valence electrons. The van der Waals surface area contributed by atoms with Gasteiger partial charge < -0.3 is 0 Å². The number of rotatable bonds is 2. The molecule has 0 saturated heterocycles. The molecule has 0 saturated carbocycles. The maximum Gasteiger partial charge on any atom is 0.195 e. The highest BCUT2D eigenvalue weighted by Crippen LogP contribution is 2.42. The number of aryl methyl sites for hydroxylation is 1. The van der Waals surface area contributed by atoms with Crippen molar-refractivity contribution >= 4 is 28.3 Å². The number of nitrogens with zero attached hydrogens (tertiary/aromatic N) is 3. The molecule has 0 aliphatic heterocycles. The molecule has 0 unspecified atom stereocenters. The third kappa shape index (κ3) is 1.83. The van der Waals surface area contributed by atoms with Crippen LogP contribution in [0.15, 0.2) is 48.5 Å². The zero-order valence-corrected chi connectivity index (χ0v) is 12.6. The van der Waals surface area contributed by atoms with Crippen LogP contribution in [0, 0.1) is 6.92 Å². The molecular formula is C17H11N3OS. The monoisotopic (exact) mass is 305 g/mol. The lowest BCUT2D eigenvalue weighted by Gasteiger charge is -2.06. The molecule has 1 aliphatic rings. The molecule has 22 heavy (non-hydrogen) atoms. The first-order chi connectivity index (χ1) is 10.8. The fraction of sp³-hybridized carbons (Fsp3) is 0.0588. The minimum absolute atomic E-state index is 0.00722. The van der Waals surface area contributed by atoms with E-state index in [1.165, 1.54) is 6.33 Å². The van der Waals surface area contributed by atoms with Gasteiger partial charge in [-0.2, -0.15) is 0 Å². The quantitative estimate of drug-likeness (QED) is 0.728. The van der Waals surface area contributed by atoms with Crippen LogP contribution in [-0.2, 0) is 0 Å². The second-order valence-corrected chi connectivity index (χ2v) is 6.07. The zero-order chi connectivity index (χ0) is 15.1. The molecule has 4 rings (SSSR count). The van der Waals surface area contributed by atoms with Gasteiger partial charge in [0.2, 0.25) is 0 Å². The minimum Gasteiger partial charge on any atom is -0.289 e. The third-order valence-electron chi connectivity index (χ3n) is 3.75. The van der Waals surface area contributed by atoms with Crippen molar-refractivity contribution in [1.82, 2.24) is 15.0 Å². The van der Waals surface area contributed by atoms with Crippen molar-refractivity contribution < 1.29 is 4.79 Å². The van der Waals surface area contributed by atoms with Crippen LogP contribution in [0.1, 0.15) is 32.1 Å². The Morgan fingerprint density at radius 1 is 1.00 bits per heavy atom. The summed E-state index contributed by atoms with van der Waals surface area (Å²) >= 11 is 1.58. The molecule has 1 aliphatic carbocycles. The highest BCUT2D eigenvalue weighted by molar-refractivity contribution is 7.09. The van der Waals surface area contributed by atoms with E-state index in [2.05, 4.69) is 15.0 Å². The number of fused-ring (bicyclic) bond motifs is 1. The number of carbonyl (C=O) groups excluding carboxylic acids is 1. The number of Topliss-reactive ketones (excluding diaryl/α,β-unsaturated/α-hetero) is 1. The molecule has 0 atom stereocenters. The van der Waals surface area contributed by atoms with E-state index in [0.717, 1.165) is 27.3 Å². The van der Waals surface area contributed by atoms with Crippen LogP contribution in [0.5, 0.6) is 0 Å². The third-order valence-corrected chi connectivity index (χ3v) is 4.51. The molecule has 0 bridgehead atoms. The van der Waals surface area contributed by atoms with Gasteiger partial charge in [-0.05, 0) is 12.5 Å². The standard InChI is InChI=1S/C17H11N3OS/c1-10-16(20-9-22-10)15-12-4-2-3-5-13(12)17(21)14(15)11-6-18-8-19-7-11/h2-9H,1H3. The summed E-state index contributed by atoms with van der Waals surface area (Å²) in [5.41, 5.74) is 6.56. The summed E-state index contributed by atoms with van der Waals surface area (Å²) in [6.07, 6.45) is 4.81. The lowest BCUT2D eigenvalue weighted by Crippen LogP contribution is -1.99. The van der Waals surface area contributed by atoms with Gasteiger partial charge in [-0.1, -0.05) is 24.3 Å². The summed E-state index contributed by atoms with van der Waals surface area (Å²) in [7, 11) is 0. The Balaban J connectivity index is 2.07. The predicted molar refractivity (Wildman–Crippen MR) is 85.6 cm³/mol. The fourth-order valence-electron chi connectivity index (χ4n) is 2.78. The van der Waals surface area contributed by atoms with Gasteiger partial charge in [0.15, 0.2) is 5.78 Å². The summed E-state index contributed by atoms with van der Waals surface area (Å²) in [6, 6.07) is 7.65. The highest BCUT2D eigenvalue weighted by Gasteiger charge is 2.32. The van der Waals surface area contributed by atoms with E-state index >= 15 is 0 Å². The van der Waals surface area contributed by atoms with Gasteiger partial charge in [0.1, 0.15) is 6.33 Å². The van der Waals surface area contributed by atoms with E-state index in [4.69, 9.17) is 0 Å². The summed E-state index contributed by atoms with van der Waals surface area (Å²) in [5, 5.41) is 0. The van der Waals surface area contributed by atoms with Gasteiger partial charge in [0.05, 0.1) is 11.2 Å². The Morgan fingerprint density at radius 2 is 1.73 bits per heavy atom. The molecule has 2 heterocycles. The normalized spacial score (nSPS) is 13.6. The topological polar surface area (TPSA) is 55.7 Å². The Labute approximate surface area is 131 Å². The molecule has 2 aromatic heterocycles. The van der Waals surface area contributed by atoms with Gasteiger partial charge >= 0.3 is 0 Å². The van der Waals surface area contributed by atoms with E-state index < -0.39 is 0 Å². The molecule has 5 heteroatoms. The average molecular weight is 305 g/mol. The molecular weight excluding hydrogens is 294 g/mol. The smallest absolute Gasteiger partial charge is 0.195 e. The van der Waals surface area contributed by atoms with Crippen molar-refractivity contribution in [2.75, 3.05) is 0 Å². The minimum atomic E-state index is 0.00722. The first kappa shape index (κ1) is 13.0. The first-order valence-electron chi connectivity index (χ1n) is 6.81. The molecule has 1 aromatic carbocycles. The summed E-state index contributed by atoms with van der Waals surface area (Å²) < 4.78 is 0. The number of thiazole rings is 1. The van der Waals surface area contributed by atoms with Crippen molar-refractivity contribution in [1.29, 1.82) is 0 Å². The Morgan fingerprint density at radius 3 is 2.41 bits per heavy atom. The van der Waals surface area contributed by atoms with Crippen LogP contribution in [-0.4, -0.2) is 20.7 Å². The SMILES string of the molecule is Cc1scnc1C1=C(c2cncnc2)C(=O)c2ccccc21. The van der Waals surface area contributed by atoms with Gasteiger partial charge in [0.25, 0.3) is 0 Å². The first-order valence-corrected chi connectivity index (χ1v) is 7.69. The van der Waals surface area contributed by atoms with Crippen LogP contribution in [0.4, 0.5) is 0 Å². The van der Waals surface area contributed by atoms with Gasteiger partial charge in [-0.3, -0.25) is 4.79 Å². The molecule has 0 N–H and O–H groups in total. The summed E-state index contributed by atoms with van der Waals surface area (Å²) in [4.78, 5) is 26.5. The Bertz CT molecular complexity index is 912. The van der Waals surface area contributed by atoms with Crippen LogP contribution >= 0.6 is 11.3 Å². The number of allylic oxidation sites excluding steroid dienone is 1. The van der Waals surface area contributed by atoms with E-state index in [9.17, 15) is 4.79 Å². The number of carbonyl (C=O) groups is 1. The Hall–Kier alpha value is -2.66. The largest absolute Gasteiger partial charge is 0.289 e. The second-order valence-electron chi connectivity index (χ2n) is 5.01. The molecule has 0 spiro atoms. The fourth-order valence-corrected chi connectivity index (χ4v) is 3.36. The number of aromatic nitrogens is 3. The van der Waals surface area contributed by atoms with Crippen molar-refractivity contribution in [2.45, 2.75) is 6.92 Å². The van der Waals surface area contributed by atoms with Crippen LogP contribution in [0.25, 0.3) is 11.1 Å². The lowest BCUT2D eigenvalue weighted by molar-refractivity contribution is 0.105. The van der Waals surface area contributed by atoms with Crippen molar-refractivity contribution in [3.05, 3.63) is 75.8 Å². The molecule has 4 nitrogen and oxygen atoms in total. The van der Waals surface area contributed by atoms with Crippen LogP contribution in [0.3, 0.4) is 0 Å². The maximum atomic E-state index is 12.9. The number of ketones is 1. The Kier molecular flexibility index (Phi) is 2.94. The lowest BCUT2D eigenvalue weighted by atomic mass is 9.99. The zero-order valence-electron chi connectivity index (χ0n) is 11.8. The number of hydrogen-bond acceptors (Lipinski definition) is 5.